The molecule has 8 heteroatoms. The maximum atomic E-state index is 12.6. The zero-order valence-corrected chi connectivity index (χ0v) is 12.7. The Morgan fingerprint density at radius 3 is 2.59 bits per heavy atom. The van der Waals surface area contributed by atoms with Crippen molar-refractivity contribution in [2.45, 2.75) is 24.2 Å². The first-order chi connectivity index (χ1) is 10.4. The lowest BCUT2D eigenvalue weighted by Gasteiger charge is -2.29. The number of nitrogens with two attached hydrogens (primary N) is 1. The number of nitrogens with zero attached hydrogens (tertiary/aromatic N) is 1. The Morgan fingerprint density at radius 1 is 1.27 bits per heavy atom. The average molecular weight is 323 g/mol. The van der Waals surface area contributed by atoms with Gasteiger partial charge in [-0.25, -0.2) is 8.42 Å². The largest absolute Gasteiger partial charge is 0.369 e. The second kappa shape index (κ2) is 5.36. The van der Waals surface area contributed by atoms with Crippen LogP contribution >= 0.6 is 0 Å². The SMILES string of the molecule is NC(=O)C1CCN(S(=O)(=O)c2ccc3c(c2)CC(=O)N3)CC1. The van der Waals surface area contributed by atoms with Gasteiger partial charge in [-0.05, 0) is 36.6 Å². The van der Waals surface area contributed by atoms with E-state index in [4.69, 9.17) is 5.73 Å². The quantitative estimate of drug-likeness (QED) is 0.820. The molecule has 0 aromatic heterocycles. The number of fused-ring (bicyclic) bond motifs is 1. The number of piperidine rings is 1. The molecule has 2 heterocycles. The van der Waals surface area contributed by atoms with Crippen molar-refractivity contribution >= 4 is 27.5 Å². The first-order valence-electron chi connectivity index (χ1n) is 7.10. The first kappa shape index (κ1) is 15.0. The summed E-state index contributed by atoms with van der Waals surface area (Å²) in [5, 5.41) is 2.68. The minimum atomic E-state index is -3.61. The van der Waals surface area contributed by atoms with E-state index in [1.807, 2.05) is 0 Å². The van der Waals surface area contributed by atoms with E-state index in [1.165, 1.54) is 10.4 Å². The summed E-state index contributed by atoms with van der Waals surface area (Å²) in [5.74, 6) is -0.765. The molecule has 3 rings (SSSR count). The van der Waals surface area contributed by atoms with Crippen molar-refractivity contribution in [3.8, 4) is 0 Å². The topological polar surface area (TPSA) is 110 Å². The van der Waals surface area contributed by atoms with Gasteiger partial charge in [0.2, 0.25) is 21.8 Å². The third kappa shape index (κ3) is 2.59. The molecule has 2 amide bonds. The molecule has 0 atom stereocenters. The highest BCUT2D eigenvalue weighted by Crippen LogP contribution is 2.29. The number of hydrogen-bond acceptors (Lipinski definition) is 4. The molecule has 0 bridgehead atoms. The lowest BCUT2D eigenvalue weighted by Crippen LogP contribution is -2.41. The minimum Gasteiger partial charge on any atom is -0.369 e. The third-order valence-corrected chi connectivity index (χ3v) is 6.09. The summed E-state index contributed by atoms with van der Waals surface area (Å²) in [6, 6.07) is 4.66. The van der Waals surface area contributed by atoms with E-state index in [2.05, 4.69) is 5.32 Å². The van der Waals surface area contributed by atoms with E-state index in [1.54, 1.807) is 12.1 Å². The zero-order chi connectivity index (χ0) is 15.9. The van der Waals surface area contributed by atoms with E-state index in [9.17, 15) is 18.0 Å². The summed E-state index contributed by atoms with van der Waals surface area (Å²) in [6.45, 7) is 0.564. The van der Waals surface area contributed by atoms with Gasteiger partial charge in [0.1, 0.15) is 0 Å². The molecule has 0 radical (unpaired) electrons. The second-order valence-corrected chi connectivity index (χ2v) is 7.56. The molecule has 1 saturated heterocycles. The zero-order valence-electron chi connectivity index (χ0n) is 11.9. The van der Waals surface area contributed by atoms with E-state index < -0.39 is 10.0 Å². The summed E-state index contributed by atoms with van der Waals surface area (Å²) in [5.41, 5.74) is 6.62. The van der Waals surface area contributed by atoms with Gasteiger partial charge in [-0.3, -0.25) is 9.59 Å². The maximum absolute atomic E-state index is 12.6. The fourth-order valence-corrected chi connectivity index (χ4v) is 4.42. The normalized spacial score (nSPS) is 19.7. The van der Waals surface area contributed by atoms with E-state index >= 15 is 0 Å². The summed E-state index contributed by atoms with van der Waals surface area (Å²) in [7, 11) is -3.61. The van der Waals surface area contributed by atoms with Crippen LogP contribution in [-0.4, -0.2) is 37.6 Å². The van der Waals surface area contributed by atoms with Gasteiger partial charge >= 0.3 is 0 Å². The molecule has 3 N–H and O–H groups in total. The Bertz CT molecular complexity index is 736. The Hall–Kier alpha value is -1.93. The number of amides is 2. The van der Waals surface area contributed by atoms with Crippen LogP contribution in [-0.2, 0) is 26.0 Å². The van der Waals surface area contributed by atoms with Gasteiger partial charge < -0.3 is 11.1 Å². The van der Waals surface area contributed by atoms with Crippen LogP contribution in [0, 0.1) is 5.92 Å². The standard InChI is InChI=1S/C14H17N3O4S/c15-14(19)9-3-5-17(6-4-9)22(20,21)11-1-2-12-10(7-11)8-13(18)16-12/h1-2,7,9H,3-6,8H2,(H2,15,19)(H,16,18). The number of benzene rings is 1. The number of carbonyl (C=O) groups excluding carboxylic acids is 2. The van der Waals surface area contributed by atoms with E-state index in [-0.39, 0.29) is 42.1 Å². The number of sulfonamides is 1. The fourth-order valence-electron chi connectivity index (χ4n) is 2.90. The van der Waals surface area contributed by atoms with Crippen molar-refractivity contribution in [2.24, 2.45) is 11.7 Å². The highest BCUT2D eigenvalue weighted by atomic mass is 32.2. The van der Waals surface area contributed by atoms with Gasteiger partial charge in [-0.15, -0.1) is 0 Å². The average Bonchev–Trinajstić information content (AvgIpc) is 2.86. The predicted molar refractivity (Wildman–Crippen MR) is 79.5 cm³/mol. The third-order valence-electron chi connectivity index (χ3n) is 4.20. The smallest absolute Gasteiger partial charge is 0.243 e. The number of anilines is 1. The van der Waals surface area contributed by atoms with E-state index in [0.717, 1.165) is 0 Å². The van der Waals surface area contributed by atoms with Crippen molar-refractivity contribution in [3.05, 3.63) is 23.8 Å². The van der Waals surface area contributed by atoms with Gasteiger partial charge in [0, 0.05) is 24.7 Å². The van der Waals surface area contributed by atoms with Gasteiger partial charge in [0.25, 0.3) is 0 Å². The number of carbonyl (C=O) groups is 2. The molecule has 7 nitrogen and oxygen atoms in total. The molecule has 22 heavy (non-hydrogen) atoms. The Kier molecular flexibility index (Phi) is 3.65. The molecule has 1 aromatic carbocycles. The monoisotopic (exact) mass is 323 g/mol. The maximum Gasteiger partial charge on any atom is 0.243 e. The highest BCUT2D eigenvalue weighted by molar-refractivity contribution is 7.89. The van der Waals surface area contributed by atoms with Crippen LogP contribution in [0.2, 0.25) is 0 Å². The Morgan fingerprint density at radius 2 is 1.95 bits per heavy atom. The number of nitrogens with one attached hydrogen (secondary N) is 1. The van der Waals surface area contributed by atoms with Crippen molar-refractivity contribution in [2.75, 3.05) is 18.4 Å². The summed E-state index contributed by atoms with van der Waals surface area (Å²) in [4.78, 5) is 22.7. The Balaban J connectivity index is 1.81. The van der Waals surface area contributed by atoms with Gasteiger partial charge in [0.05, 0.1) is 11.3 Å². The highest BCUT2D eigenvalue weighted by Gasteiger charge is 2.32. The van der Waals surface area contributed by atoms with Crippen LogP contribution < -0.4 is 11.1 Å². The molecule has 1 aromatic rings. The minimum absolute atomic E-state index is 0.133. The van der Waals surface area contributed by atoms with Gasteiger partial charge in [-0.1, -0.05) is 0 Å². The summed E-state index contributed by atoms with van der Waals surface area (Å²) >= 11 is 0. The number of rotatable bonds is 3. The van der Waals surface area contributed by atoms with Crippen LogP contribution in [0.25, 0.3) is 0 Å². The molecule has 0 unspecified atom stereocenters. The van der Waals surface area contributed by atoms with Crippen LogP contribution in [0.15, 0.2) is 23.1 Å². The lowest BCUT2D eigenvalue weighted by atomic mass is 9.98. The molecule has 1 fully saturated rings. The van der Waals surface area contributed by atoms with Gasteiger partial charge in [0.15, 0.2) is 0 Å². The lowest BCUT2D eigenvalue weighted by molar-refractivity contribution is -0.122. The second-order valence-electron chi connectivity index (χ2n) is 5.62. The number of primary amides is 1. The Labute approximate surface area is 128 Å². The van der Waals surface area contributed by atoms with Crippen molar-refractivity contribution in [1.29, 1.82) is 0 Å². The van der Waals surface area contributed by atoms with E-state index in [0.29, 0.717) is 24.1 Å². The molecule has 0 spiro atoms. The molecule has 2 aliphatic rings. The number of hydrogen-bond donors (Lipinski definition) is 2. The van der Waals surface area contributed by atoms with Crippen LogP contribution in [0.4, 0.5) is 5.69 Å². The van der Waals surface area contributed by atoms with Crippen LogP contribution in [0.3, 0.4) is 0 Å². The van der Waals surface area contributed by atoms with Crippen molar-refractivity contribution in [1.82, 2.24) is 4.31 Å². The fraction of sp³-hybridized carbons (Fsp3) is 0.429. The molecule has 0 saturated carbocycles. The molecular formula is C14H17N3O4S. The summed E-state index contributed by atoms with van der Waals surface area (Å²) < 4.78 is 26.7. The molecule has 118 valence electrons. The van der Waals surface area contributed by atoms with Gasteiger partial charge in [-0.2, -0.15) is 4.31 Å². The molecular weight excluding hydrogens is 306 g/mol. The van der Waals surface area contributed by atoms with Crippen molar-refractivity contribution in [3.63, 3.8) is 0 Å². The first-order valence-corrected chi connectivity index (χ1v) is 8.54. The predicted octanol–water partition coefficient (Wildman–Crippen LogP) is 0.0672. The van der Waals surface area contributed by atoms with Crippen LogP contribution in [0.5, 0.6) is 0 Å². The van der Waals surface area contributed by atoms with Crippen molar-refractivity contribution < 1.29 is 18.0 Å². The molecule has 0 aliphatic carbocycles. The van der Waals surface area contributed by atoms with Crippen LogP contribution in [0.1, 0.15) is 18.4 Å². The summed E-state index contributed by atoms with van der Waals surface area (Å²) in [6.07, 6.45) is 1.08. The molecule has 2 aliphatic heterocycles.